The van der Waals surface area contributed by atoms with Crippen LogP contribution in [-0.4, -0.2) is 76.7 Å². The molecule has 0 saturated carbocycles. The molecule has 4 heterocycles. The monoisotopic (exact) mass is 708 g/mol. The molecule has 2 aliphatic rings. The number of fused-ring (bicyclic) bond motifs is 2. The number of aliphatic imine (C=N–C) groups is 1. The van der Waals surface area contributed by atoms with E-state index in [2.05, 4.69) is 15.6 Å². The number of amides is 4. The highest BCUT2D eigenvalue weighted by molar-refractivity contribution is 6.05. The number of rotatable bonds is 13. The molecule has 52 heavy (non-hydrogen) atoms. The van der Waals surface area contributed by atoms with Gasteiger partial charge in [-0.3, -0.25) is 24.2 Å². The maximum atomic E-state index is 13.3. The van der Waals surface area contributed by atoms with E-state index >= 15 is 0 Å². The number of ether oxygens (including phenoxy) is 2. The van der Waals surface area contributed by atoms with Gasteiger partial charge in [0, 0.05) is 63.0 Å². The van der Waals surface area contributed by atoms with Crippen molar-refractivity contribution in [1.82, 2.24) is 14.0 Å². The largest absolute Gasteiger partial charge is 0.493 e. The number of piperidine rings is 1. The predicted octanol–water partition coefficient (Wildman–Crippen LogP) is 4.40. The number of nitrogens with two attached hydrogens (primary N) is 2. The zero-order valence-corrected chi connectivity index (χ0v) is 29.6. The molecule has 1 fully saturated rings. The Morgan fingerprint density at radius 1 is 0.962 bits per heavy atom. The van der Waals surface area contributed by atoms with Crippen molar-refractivity contribution in [2.24, 2.45) is 30.6 Å². The van der Waals surface area contributed by atoms with Crippen molar-refractivity contribution in [3.05, 3.63) is 77.4 Å². The average Bonchev–Trinajstić information content (AvgIpc) is 3.62. The van der Waals surface area contributed by atoms with Crippen LogP contribution in [0.4, 0.5) is 17.1 Å². The lowest BCUT2D eigenvalue weighted by atomic mass is 10.00. The number of anilines is 2. The van der Waals surface area contributed by atoms with Gasteiger partial charge >= 0.3 is 0 Å². The zero-order chi connectivity index (χ0) is 36.9. The number of benzene rings is 2. The molecule has 0 radical (unpaired) electrons. The van der Waals surface area contributed by atoms with Crippen molar-refractivity contribution in [3.63, 3.8) is 0 Å². The Labute approximate surface area is 301 Å². The highest BCUT2D eigenvalue weighted by atomic mass is 16.5. The Morgan fingerprint density at radius 3 is 2.48 bits per heavy atom. The van der Waals surface area contributed by atoms with Crippen molar-refractivity contribution in [1.29, 1.82) is 0 Å². The molecule has 14 nitrogen and oxygen atoms in total. The van der Waals surface area contributed by atoms with E-state index in [1.807, 2.05) is 29.4 Å². The van der Waals surface area contributed by atoms with E-state index in [9.17, 15) is 19.2 Å². The summed E-state index contributed by atoms with van der Waals surface area (Å²) in [5, 5.41) is 5.75. The Kier molecular flexibility index (Phi) is 10.7. The summed E-state index contributed by atoms with van der Waals surface area (Å²) in [5.74, 6) is -0.268. The second kappa shape index (κ2) is 15.6. The summed E-state index contributed by atoms with van der Waals surface area (Å²) in [6.07, 6.45) is 9.39. The fourth-order valence-electron chi connectivity index (χ4n) is 6.86. The highest BCUT2D eigenvalue weighted by Crippen LogP contribution is 2.38. The lowest BCUT2D eigenvalue weighted by molar-refractivity contribution is -0.116. The van der Waals surface area contributed by atoms with Crippen LogP contribution < -0.4 is 31.6 Å². The van der Waals surface area contributed by atoms with Crippen LogP contribution in [0.2, 0.25) is 0 Å². The topological polar surface area (TPSA) is 188 Å². The van der Waals surface area contributed by atoms with Gasteiger partial charge in [-0.15, -0.1) is 0 Å². The molecule has 4 aromatic rings. The summed E-state index contributed by atoms with van der Waals surface area (Å²) in [6.45, 7) is 1.31. The molecule has 6 rings (SSSR count). The summed E-state index contributed by atoms with van der Waals surface area (Å²) in [7, 11) is 5.01. The minimum absolute atomic E-state index is 0.00674. The van der Waals surface area contributed by atoms with Gasteiger partial charge in [-0.25, -0.2) is 0 Å². The Bertz CT molecular complexity index is 2030. The van der Waals surface area contributed by atoms with Crippen LogP contribution in [0.3, 0.4) is 0 Å². The molecule has 2 aromatic heterocycles. The Hall–Kier alpha value is -5.89. The van der Waals surface area contributed by atoms with Crippen LogP contribution in [0.15, 0.2) is 59.9 Å². The molecule has 6 N–H and O–H groups in total. The fraction of sp³-hybridized carbons (Fsp3) is 0.342. The molecule has 0 bridgehead atoms. The number of carbonyl (C=O) groups is 4. The first kappa shape index (κ1) is 35.9. The number of nitrogens with one attached hydrogen (secondary N) is 2. The van der Waals surface area contributed by atoms with Crippen LogP contribution in [0.5, 0.6) is 11.5 Å². The van der Waals surface area contributed by atoms with E-state index in [4.69, 9.17) is 20.9 Å². The molecule has 2 aliphatic heterocycles. The molecular weight excluding hydrogens is 664 g/mol. The first-order valence-corrected chi connectivity index (χ1v) is 17.3. The maximum absolute atomic E-state index is 13.3. The van der Waals surface area contributed by atoms with Gasteiger partial charge in [-0.05, 0) is 74.0 Å². The first-order valence-electron chi connectivity index (χ1n) is 17.3. The molecule has 14 heteroatoms. The highest BCUT2D eigenvalue weighted by Gasteiger charge is 2.31. The smallest absolute Gasteiger partial charge is 0.272 e. The summed E-state index contributed by atoms with van der Waals surface area (Å²) < 4.78 is 14.9. The minimum atomic E-state index is -0.516. The van der Waals surface area contributed by atoms with Gasteiger partial charge in [0.05, 0.1) is 36.7 Å². The van der Waals surface area contributed by atoms with Crippen molar-refractivity contribution < 1.29 is 28.7 Å². The maximum Gasteiger partial charge on any atom is 0.272 e. The van der Waals surface area contributed by atoms with Crippen molar-refractivity contribution in [2.45, 2.75) is 44.6 Å². The molecular formula is C38H44N8O6. The number of aryl methyl sites for hydroxylation is 2. The standard InChI is InChI=1S/C38H44N8O6/c1-44-21-25(17-31(44)37(49)43-24-11-9-23(10-12-24)29-22-45(2)35(36(40)48)27(29)13-14-39)42-34(47)8-6-16-52-33-19-30-28(18-32(33)51-3)38(50)46-15-5-4-7-26(46)20-41-30/h9-12,17-22,26H,4-8,13-16,39H2,1-3H3,(H2,40,48)(H,42,47)(H,43,49). The van der Waals surface area contributed by atoms with Gasteiger partial charge < -0.3 is 45.6 Å². The van der Waals surface area contributed by atoms with Crippen LogP contribution in [-0.2, 0) is 25.3 Å². The quantitative estimate of drug-likeness (QED) is 0.148. The molecule has 1 saturated heterocycles. The van der Waals surface area contributed by atoms with Gasteiger partial charge in [0.2, 0.25) is 5.91 Å². The third-order valence-electron chi connectivity index (χ3n) is 9.40. The van der Waals surface area contributed by atoms with Gasteiger partial charge in [-0.2, -0.15) is 0 Å². The normalized spacial score (nSPS) is 15.0. The second-order valence-corrected chi connectivity index (χ2v) is 13.0. The van der Waals surface area contributed by atoms with Crippen LogP contribution in [0.1, 0.15) is 69.0 Å². The SMILES string of the molecule is COc1cc2c(cc1OCCCC(=O)Nc1cc(C(=O)Nc3ccc(-c4cn(C)c(C(N)=O)c4CCN)cc3)n(C)c1)N=CC1CCCCN1C2=O. The van der Waals surface area contributed by atoms with E-state index < -0.39 is 5.91 Å². The number of methoxy groups -OCH3 is 1. The molecule has 0 spiro atoms. The lowest BCUT2D eigenvalue weighted by Crippen LogP contribution is -2.43. The van der Waals surface area contributed by atoms with Crippen molar-refractivity contribution >= 4 is 46.9 Å². The molecule has 4 amide bonds. The van der Waals surface area contributed by atoms with Crippen LogP contribution in [0, 0.1) is 0 Å². The average molecular weight is 709 g/mol. The molecule has 2 aromatic carbocycles. The van der Waals surface area contributed by atoms with Crippen molar-refractivity contribution in [3.8, 4) is 22.6 Å². The molecule has 0 aliphatic carbocycles. The zero-order valence-electron chi connectivity index (χ0n) is 29.6. The first-order chi connectivity index (χ1) is 25.1. The third kappa shape index (κ3) is 7.56. The Balaban J connectivity index is 1.02. The lowest BCUT2D eigenvalue weighted by Gasteiger charge is -2.32. The molecule has 1 unspecified atom stereocenters. The van der Waals surface area contributed by atoms with Crippen molar-refractivity contribution in [2.75, 3.05) is 37.4 Å². The summed E-state index contributed by atoms with van der Waals surface area (Å²) in [4.78, 5) is 57.7. The van der Waals surface area contributed by atoms with Crippen LogP contribution >= 0.6 is 0 Å². The number of carbonyl (C=O) groups excluding carboxylic acids is 4. The van der Waals surface area contributed by atoms with E-state index in [0.29, 0.717) is 71.4 Å². The minimum Gasteiger partial charge on any atom is -0.493 e. The van der Waals surface area contributed by atoms with Crippen LogP contribution in [0.25, 0.3) is 11.1 Å². The van der Waals surface area contributed by atoms with E-state index in [-0.39, 0.29) is 36.8 Å². The van der Waals surface area contributed by atoms with Gasteiger partial charge in [0.25, 0.3) is 17.7 Å². The molecule has 1 atom stereocenters. The summed E-state index contributed by atoms with van der Waals surface area (Å²) in [5.41, 5.74) is 16.8. The summed E-state index contributed by atoms with van der Waals surface area (Å²) in [6, 6.07) is 12.3. The predicted molar refractivity (Wildman–Crippen MR) is 199 cm³/mol. The van der Waals surface area contributed by atoms with Gasteiger partial charge in [-0.1, -0.05) is 12.1 Å². The number of hydrogen-bond donors (Lipinski definition) is 4. The summed E-state index contributed by atoms with van der Waals surface area (Å²) >= 11 is 0. The number of aromatic nitrogens is 2. The number of nitrogens with zero attached hydrogens (tertiary/aromatic N) is 4. The third-order valence-corrected chi connectivity index (χ3v) is 9.40. The van der Waals surface area contributed by atoms with Gasteiger partial charge in [0.15, 0.2) is 11.5 Å². The molecule has 272 valence electrons. The number of hydrogen-bond acceptors (Lipinski definition) is 8. The van der Waals surface area contributed by atoms with E-state index in [1.54, 1.807) is 59.8 Å². The van der Waals surface area contributed by atoms with E-state index in [0.717, 1.165) is 36.0 Å². The Morgan fingerprint density at radius 2 is 1.75 bits per heavy atom. The second-order valence-electron chi connectivity index (χ2n) is 13.0. The van der Waals surface area contributed by atoms with Gasteiger partial charge in [0.1, 0.15) is 11.4 Å². The number of primary amides is 1. The fourth-order valence-corrected chi connectivity index (χ4v) is 6.86. The van der Waals surface area contributed by atoms with E-state index in [1.165, 1.54) is 7.11 Å².